The highest BCUT2D eigenvalue weighted by atomic mass is 31.1. The lowest BCUT2D eigenvalue weighted by Gasteiger charge is -2.18. The normalized spacial score (nSPS) is 10.3. The van der Waals surface area contributed by atoms with E-state index in [1.165, 1.54) is 32.3 Å². The molecule has 0 aliphatic carbocycles. The first kappa shape index (κ1) is 25.5. The summed E-state index contributed by atoms with van der Waals surface area (Å²) < 4.78 is 0. The fourth-order valence-electron chi connectivity index (χ4n) is 4.69. The average molecular weight is 504 g/mol. The Morgan fingerprint density at radius 1 is 0.263 bits per heavy atom. The van der Waals surface area contributed by atoms with Crippen LogP contribution in [0.4, 0.5) is 0 Å². The van der Waals surface area contributed by atoms with Crippen molar-refractivity contribution in [1.29, 1.82) is 0 Å². The molecule has 0 heterocycles. The molecule has 0 bridgehead atoms. The molecule has 0 radical (unpaired) electrons. The van der Waals surface area contributed by atoms with E-state index >= 15 is 0 Å². The molecule has 0 fully saturated rings. The van der Waals surface area contributed by atoms with Crippen LogP contribution in [0.2, 0.25) is 0 Å². The minimum absolute atomic E-state index is 0.309. The summed E-state index contributed by atoms with van der Waals surface area (Å²) in [5, 5.41) is 4.19. The van der Waals surface area contributed by atoms with Crippen molar-refractivity contribution in [2.75, 3.05) is 0 Å². The van der Waals surface area contributed by atoms with E-state index in [-0.39, 0.29) is 0 Å². The van der Waals surface area contributed by atoms with Crippen LogP contribution in [-0.2, 0) is 0 Å². The molecule has 182 valence electrons. The second-order valence-corrected chi connectivity index (χ2v) is 11.2. The van der Waals surface area contributed by atoms with Crippen LogP contribution in [0.25, 0.3) is 0 Å². The molecule has 0 aliphatic heterocycles. The zero-order chi connectivity index (χ0) is 25.8. The predicted molar refractivity (Wildman–Crippen MR) is 169 cm³/mol. The molecule has 0 nitrogen and oxygen atoms in total. The first-order chi connectivity index (χ1) is 18.9. The van der Waals surface area contributed by atoms with Gasteiger partial charge >= 0.3 is 0 Å². The Hall–Kier alpha value is -4.19. The van der Waals surface area contributed by atoms with E-state index in [0.717, 1.165) is 0 Å². The lowest BCUT2D eigenvalue weighted by Crippen LogP contribution is -2.51. The summed E-state index contributed by atoms with van der Waals surface area (Å²) in [5.41, 5.74) is 4.00. The monoisotopic (exact) mass is 504 g/mol. The van der Waals surface area contributed by atoms with Gasteiger partial charge in [-0.1, -0.05) is 198 Å². The van der Waals surface area contributed by atoms with Crippen LogP contribution < -0.4 is 32.3 Å². The molecule has 0 N–H and O–H groups in total. The molecule has 6 rings (SSSR count). The first-order valence-electron chi connectivity index (χ1n) is 13.0. The van der Waals surface area contributed by atoms with E-state index in [1.54, 1.807) is 0 Å². The van der Waals surface area contributed by atoms with Crippen molar-refractivity contribution < 1.29 is 0 Å². The van der Waals surface area contributed by atoms with Crippen molar-refractivity contribution in [2.45, 2.75) is 0 Å². The molecule has 0 saturated carbocycles. The molecule has 0 aromatic heterocycles. The van der Waals surface area contributed by atoms with E-state index < -0.39 is 7.92 Å². The summed E-state index contributed by atoms with van der Waals surface area (Å²) in [6.07, 6.45) is 0. The summed E-state index contributed by atoms with van der Waals surface area (Å²) >= 11 is 0. The van der Waals surface area contributed by atoms with Crippen molar-refractivity contribution in [2.24, 2.45) is 0 Å². The Morgan fingerprint density at radius 2 is 0.474 bits per heavy atom. The molecule has 0 saturated heterocycles. The number of hydrogen-bond acceptors (Lipinski definition) is 0. The molecule has 0 spiro atoms. The van der Waals surface area contributed by atoms with E-state index in [9.17, 15) is 0 Å². The molecule has 0 aliphatic rings. The third kappa shape index (κ3) is 6.57. The Bertz CT molecular complexity index is 1170. The summed E-state index contributed by atoms with van der Waals surface area (Å²) in [7, 11) is -0.446. The van der Waals surface area contributed by atoms with Gasteiger partial charge in [-0.2, -0.15) is 0 Å². The second kappa shape index (κ2) is 13.4. The van der Waals surface area contributed by atoms with Crippen LogP contribution in [0.3, 0.4) is 0 Å². The van der Waals surface area contributed by atoms with Crippen LogP contribution in [-0.4, -0.2) is 6.71 Å². The van der Waals surface area contributed by atoms with Gasteiger partial charge in [-0.3, -0.25) is 0 Å². The van der Waals surface area contributed by atoms with Crippen LogP contribution >= 0.6 is 7.92 Å². The average Bonchev–Trinajstić information content (AvgIpc) is 3.01. The highest BCUT2D eigenvalue weighted by Crippen LogP contribution is 2.32. The SMILES string of the molecule is c1ccc(B(c2ccccc2)c2ccccc2)cc1.c1ccc(P(c2ccccc2)c2ccccc2)cc1. The first-order valence-corrected chi connectivity index (χ1v) is 14.3. The van der Waals surface area contributed by atoms with Crippen LogP contribution in [0.1, 0.15) is 0 Å². The summed E-state index contributed by atoms with van der Waals surface area (Å²) in [6, 6.07) is 64.4. The maximum atomic E-state index is 2.23. The van der Waals surface area contributed by atoms with Gasteiger partial charge in [0.25, 0.3) is 0 Å². The van der Waals surface area contributed by atoms with Crippen LogP contribution in [0.15, 0.2) is 182 Å². The van der Waals surface area contributed by atoms with E-state index in [0.29, 0.717) is 6.71 Å². The van der Waals surface area contributed by atoms with Crippen molar-refractivity contribution in [3.63, 3.8) is 0 Å². The standard InChI is InChI=1S/C18H15B.C18H15P/c2*1-4-10-16(11-5-1)19(17-12-6-2-7-13-17)18-14-8-3-9-15-18/h2*1-15H. The predicted octanol–water partition coefficient (Wildman–Crippen LogP) is 5.65. The van der Waals surface area contributed by atoms with Gasteiger partial charge in [-0.25, -0.2) is 0 Å². The topological polar surface area (TPSA) is 0 Å². The number of rotatable bonds is 6. The molecular weight excluding hydrogens is 474 g/mol. The van der Waals surface area contributed by atoms with Gasteiger partial charge in [-0.05, 0) is 23.8 Å². The third-order valence-corrected chi connectivity index (χ3v) is 8.89. The van der Waals surface area contributed by atoms with Crippen molar-refractivity contribution in [3.05, 3.63) is 182 Å². The maximum absolute atomic E-state index is 2.23. The van der Waals surface area contributed by atoms with E-state index in [4.69, 9.17) is 0 Å². The quantitative estimate of drug-likeness (QED) is 0.203. The van der Waals surface area contributed by atoms with Gasteiger partial charge in [0.05, 0.1) is 0 Å². The van der Waals surface area contributed by atoms with Crippen molar-refractivity contribution >= 4 is 46.9 Å². The van der Waals surface area contributed by atoms with Crippen LogP contribution in [0.5, 0.6) is 0 Å². The summed E-state index contributed by atoms with van der Waals surface area (Å²) in [4.78, 5) is 0. The third-order valence-electron chi connectivity index (χ3n) is 6.44. The molecule has 38 heavy (non-hydrogen) atoms. The Labute approximate surface area is 228 Å². The lowest BCUT2D eigenvalue weighted by atomic mass is 9.37. The summed E-state index contributed by atoms with van der Waals surface area (Å²) in [6.45, 7) is 0.309. The van der Waals surface area contributed by atoms with Crippen molar-refractivity contribution in [3.8, 4) is 0 Å². The minimum Gasteiger partial charge on any atom is -0.0687 e. The second-order valence-electron chi connectivity index (χ2n) is 9.01. The highest BCUT2D eigenvalue weighted by molar-refractivity contribution is 7.79. The molecular formula is C36H30BP. The van der Waals surface area contributed by atoms with E-state index in [2.05, 4.69) is 182 Å². The van der Waals surface area contributed by atoms with Crippen molar-refractivity contribution in [1.82, 2.24) is 0 Å². The number of benzene rings is 6. The zero-order valence-corrected chi connectivity index (χ0v) is 22.2. The number of hydrogen-bond donors (Lipinski definition) is 0. The minimum atomic E-state index is -0.446. The Balaban J connectivity index is 0.000000155. The van der Waals surface area contributed by atoms with Gasteiger partial charge in [0.2, 0.25) is 6.71 Å². The maximum Gasteiger partial charge on any atom is 0.241 e. The molecule has 0 amide bonds. The molecule has 0 unspecified atom stereocenters. The van der Waals surface area contributed by atoms with Gasteiger partial charge < -0.3 is 0 Å². The fraction of sp³-hybridized carbons (Fsp3) is 0. The van der Waals surface area contributed by atoms with E-state index in [1.807, 2.05) is 0 Å². The summed E-state index contributed by atoms with van der Waals surface area (Å²) in [5.74, 6) is 0. The van der Waals surface area contributed by atoms with Gasteiger partial charge in [0.1, 0.15) is 0 Å². The lowest BCUT2D eigenvalue weighted by molar-refractivity contribution is 1.71. The Kier molecular flexibility index (Phi) is 8.97. The van der Waals surface area contributed by atoms with Gasteiger partial charge in [0.15, 0.2) is 0 Å². The largest absolute Gasteiger partial charge is 0.241 e. The van der Waals surface area contributed by atoms with Gasteiger partial charge in [-0.15, -0.1) is 0 Å². The highest BCUT2D eigenvalue weighted by Gasteiger charge is 2.20. The fourth-order valence-corrected chi connectivity index (χ4v) is 7.00. The van der Waals surface area contributed by atoms with Crippen LogP contribution in [0, 0.1) is 0 Å². The molecule has 6 aromatic rings. The smallest absolute Gasteiger partial charge is 0.0687 e. The zero-order valence-electron chi connectivity index (χ0n) is 21.3. The Morgan fingerprint density at radius 3 is 0.711 bits per heavy atom. The molecule has 6 aromatic carbocycles. The molecule has 2 heteroatoms. The van der Waals surface area contributed by atoms with Gasteiger partial charge in [0, 0.05) is 0 Å². The molecule has 0 atom stereocenters.